The molecule has 0 aromatic carbocycles. The summed E-state index contributed by atoms with van der Waals surface area (Å²) in [6, 6.07) is 0. The predicted molar refractivity (Wildman–Crippen MR) is 66.1 cm³/mol. The van der Waals surface area contributed by atoms with Crippen LogP contribution in [0, 0.1) is 5.92 Å². The van der Waals surface area contributed by atoms with E-state index in [1.54, 1.807) is 0 Å². The van der Waals surface area contributed by atoms with Crippen LogP contribution >= 0.6 is 0 Å². The molecule has 1 aliphatic rings. The van der Waals surface area contributed by atoms with Gasteiger partial charge in [0.05, 0.1) is 6.10 Å². The van der Waals surface area contributed by atoms with Crippen LogP contribution in [0.25, 0.3) is 0 Å². The van der Waals surface area contributed by atoms with E-state index in [0.717, 1.165) is 12.5 Å². The van der Waals surface area contributed by atoms with Gasteiger partial charge in [-0.25, -0.2) is 0 Å². The van der Waals surface area contributed by atoms with E-state index in [0.29, 0.717) is 6.10 Å². The predicted octanol–water partition coefficient (Wildman–Crippen LogP) is 4.55. The quantitative estimate of drug-likeness (QED) is 0.562. The van der Waals surface area contributed by atoms with Crippen molar-refractivity contribution in [2.24, 2.45) is 5.92 Å². The fraction of sp³-hybridized carbons (Fsp3) is 1.00. The van der Waals surface area contributed by atoms with Crippen LogP contribution in [-0.2, 0) is 4.74 Å². The van der Waals surface area contributed by atoms with Gasteiger partial charge in [0.25, 0.3) is 0 Å². The molecule has 1 aliphatic heterocycles. The second-order valence-corrected chi connectivity index (χ2v) is 5.18. The molecule has 0 aromatic rings. The van der Waals surface area contributed by atoms with Crippen LogP contribution in [0.1, 0.15) is 71.6 Å². The molecule has 1 heteroatoms. The van der Waals surface area contributed by atoms with E-state index >= 15 is 0 Å². The Balaban J connectivity index is 1.90. The molecule has 0 saturated carbocycles. The van der Waals surface area contributed by atoms with Crippen LogP contribution in [0.15, 0.2) is 0 Å². The van der Waals surface area contributed by atoms with Crippen molar-refractivity contribution in [3.05, 3.63) is 0 Å². The average molecular weight is 212 g/mol. The molecule has 2 atom stereocenters. The third kappa shape index (κ3) is 6.19. The largest absolute Gasteiger partial charge is 0.378 e. The highest BCUT2D eigenvalue weighted by Crippen LogP contribution is 2.23. The second-order valence-electron chi connectivity index (χ2n) is 5.18. The molecule has 0 spiro atoms. The lowest BCUT2D eigenvalue weighted by molar-refractivity contribution is -0.0105. The Morgan fingerprint density at radius 1 is 1.07 bits per heavy atom. The molecular formula is C14H28O. The molecule has 0 bridgehead atoms. The highest BCUT2D eigenvalue weighted by atomic mass is 16.5. The highest BCUT2D eigenvalue weighted by Gasteiger charge is 2.18. The summed E-state index contributed by atoms with van der Waals surface area (Å²) < 4.78 is 5.78. The van der Waals surface area contributed by atoms with E-state index in [1.165, 1.54) is 57.8 Å². The lowest BCUT2D eigenvalue weighted by Gasteiger charge is -2.27. The molecule has 0 amide bonds. The van der Waals surface area contributed by atoms with Crippen LogP contribution in [0.2, 0.25) is 0 Å². The molecule has 90 valence electrons. The maximum atomic E-state index is 5.78. The summed E-state index contributed by atoms with van der Waals surface area (Å²) in [5, 5.41) is 0. The monoisotopic (exact) mass is 212 g/mol. The van der Waals surface area contributed by atoms with Crippen molar-refractivity contribution in [1.29, 1.82) is 0 Å². The van der Waals surface area contributed by atoms with Crippen molar-refractivity contribution in [3.63, 3.8) is 0 Å². The van der Waals surface area contributed by atoms with Gasteiger partial charge in [0, 0.05) is 6.61 Å². The van der Waals surface area contributed by atoms with Crippen molar-refractivity contribution in [2.75, 3.05) is 6.61 Å². The molecule has 2 unspecified atom stereocenters. The zero-order valence-electron chi connectivity index (χ0n) is 10.6. The molecule has 0 aliphatic carbocycles. The highest BCUT2D eigenvalue weighted by molar-refractivity contribution is 4.68. The zero-order chi connectivity index (χ0) is 10.9. The number of hydrogen-bond acceptors (Lipinski definition) is 1. The third-order valence-electron chi connectivity index (χ3n) is 3.51. The smallest absolute Gasteiger partial charge is 0.0577 e. The Kier molecular flexibility index (Phi) is 7.08. The first-order chi connectivity index (χ1) is 7.33. The molecule has 1 rings (SSSR count). The Hall–Kier alpha value is -0.0400. The van der Waals surface area contributed by atoms with Crippen LogP contribution < -0.4 is 0 Å². The van der Waals surface area contributed by atoms with Crippen LogP contribution in [0.5, 0.6) is 0 Å². The summed E-state index contributed by atoms with van der Waals surface area (Å²) in [4.78, 5) is 0. The Morgan fingerprint density at radius 2 is 1.80 bits per heavy atom. The first kappa shape index (κ1) is 13.0. The standard InChI is InChI=1S/C14H28O/c1-3-4-5-6-7-8-9-14-12-13(2)10-11-15-14/h13-14H,3-12H2,1-2H3. The molecular weight excluding hydrogens is 184 g/mol. The number of unbranched alkanes of at least 4 members (excludes halogenated alkanes) is 5. The topological polar surface area (TPSA) is 9.23 Å². The Labute approximate surface area is 95.6 Å². The van der Waals surface area contributed by atoms with E-state index in [1.807, 2.05) is 0 Å². The van der Waals surface area contributed by atoms with Gasteiger partial charge in [-0.15, -0.1) is 0 Å². The molecule has 0 aromatic heterocycles. The van der Waals surface area contributed by atoms with E-state index < -0.39 is 0 Å². The van der Waals surface area contributed by atoms with E-state index in [4.69, 9.17) is 4.74 Å². The maximum absolute atomic E-state index is 5.78. The number of ether oxygens (including phenoxy) is 1. The second kappa shape index (κ2) is 8.15. The fourth-order valence-corrected chi connectivity index (χ4v) is 2.42. The molecule has 0 N–H and O–H groups in total. The van der Waals surface area contributed by atoms with Gasteiger partial charge in [-0.3, -0.25) is 0 Å². The average Bonchev–Trinajstić information content (AvgIpc) is 2.23. The van der Waals surface area contributed by atoms with E-state index in [9.17, 15) is 0 Å². The molecule has 1 saturated heterocycles. The van der Waals surface area contributed by atoms with Gasteiger partial charge in [0.1, 0.15) is 0 Å². The Bertz CT molecular complexity index is 144. The van der Waals surface area contributed by atoms with Crippen molar-refractivity contribution >= 4 is 0 Å². The molecule has 1 fully saturated rings. The van der Waals surface area contributed by atoms with Gasteiger partial charge in [0.15, 0.2) is 0 Å². The van der Waals surface area contributed by atoms with Crippen LogP contribution in [0.3, 0.4) is 0 Å². The lowest BCUT2D eigenvalue weighted by Crippen LogP contribution is -2.24. The van der Waals surface area contributed by atoms with E-state index in [2.05, 4.69) is 13.8 Å². The van der Waals surface area contributed by atoms with Crippen molar-refractivity contribution in [3.8, 4) is 0 Å². The lowest BCUT2D eigenvalue weighted by atomic mass is 9.94. The Morgan fingerprint density at radius 3 is 2.53 bits per heavy atom. The maximum Gasteiger partial charge on any atom is 0.0577 e. The first-order valence-electron chi connectivity index (χ1n) is 6.94. The van der Waals surface area contributed by atoms with Gasteiger partial charge in [-0.05, 0) is 25.2 Å². The minimum absolute atomic E-state index is 0.583. The summed E-state index contributed by atoms with van der Waals surface area (Å²) in [5.41, 5.74) is 0. The number of hydrogen-bond donors (Lipinski definition) is 0. The minimum atomic E-state index is 0.583. The molecule has 1 nitrogen and oxygen atoms in total. The fourth-order valence-electron chi connectivity index (χ4n) is 2.42. The van der Waals surface area contributed by atoms with Crippen molar-refractivity contribution in [2.45, 2.75) is 77.7 Å². The van der Waals surface area contributed by atoms with Gasteiger partial charge >= 0.3 is 0 Å². The summed E-state index contributed by atoms with van der Waals surface area (Å²) in [6.45, 7) is 5.63. The van der Waals surface area contributed by atoms with Gasteiger partial charge in [-0.2, -0.15) is 0 Å². The van der Waals surface area contributed by atoms with Crippen LogP contribution in [-0.4, -0.2) is 12.7 Å². The number of rotatable bonds is 7. The van der Waals surface area contributed by atoms with Gasteiger partial charge in [-0.1, -0.05) is 52.4 Å². The van der Waals surface area contributed by atoms with Crippen LogP contribution in [0.4, 0.5) is 0 Å². The minimum Gasteiger partial charge on any atom is -0.378 e. The van der Waals surface area contributed by atoms with Gasteiger partial charge < -0.3 is 4.74 Å². The van der Waals surface area contributed by atoms with Crippen molar-refractivity contribution in [1.82, 2.24) is 0 Å². The van der Waals surface area contributed by atoms with Gasteiger partial charge in [0.2, 0.25) is 0 Å². The first-order valence-corrected chi connectivity index (χ1v) is 6.94. The normalized spacial score (nSPS) is 26.8. The summed E-state index contributed by atoms with van der Waals surface area (Å²) >= 11 is 0. The SMILES string of the molecule is CCCCCCCCC1CC(C)CCO1. The summed E-state index contributed by atoms with van der Waals surface area (Å²) in [6.07, 6.45) is 12.9. The molecule has 15 heavy (non-hydrogen) atoms. The zero-order valence-corrected chi connectivity index (χ0v) is 10.6. The van der Waals surface area contributed by atoms with Crippen molar-refractivity contribution < 1.29 is 4.74 Å². The van der Waals surface area contributed by atoms with E-state index in [-0.39, 0.29) is 0 Å². The molecule has 1 heterocycles. The third-order valence-corrected chi connectivity index (χ3v) is 3.51. The molecule has 0 radical (unpaired) electrons. The summed E-state index contributed by atoms with van der Waals surface area (Å²) in [5.74, 6) is 0.892. The summed E-state index contributed by atoms with van der Waals surface area (Å²) in [7, 11) is 0.